The van der Waals surface area contributed by atoms with Crippen LogP contribution in [0.5, 0.6) is 0 Å². The van der Waals surface area contributed by atoms with E-state index in [0.29, 0.717) is 30.8 Å². The molecule has 0 spiro atoms. The van der Waals surface area contributed by atoms with E-state index < -0.39 is 5.95 Å². The van der Waals surface area contributed by atoms with Crippen LogP contribution in [-0.4, -0.2) is 45.4 Å². The number of carbonyl (C=O) groups is 1. The van der Waals surface area contributed by atoms with Gasteiger partial charge < -0.3 is 5.32 Å². The maximum absolute atomic E-state index is 13.2. The zero-order valence-electron chi connectivity index (χ0n) is 15.4. The molecule has 0 bridgehead atoms. The summed E-state index contributed by atoms with van der Waals surface area (Å²) in [5, 5.41) is 2.87. The standard InChI is InChI=1S/C20H22FN5O/c1-3-26(13-15-6-7-22-19(21)11-15)9-8-23-20(27)18-12-24-17-10-14(2)4-5-16(17)25-18/h4-7,10-12H,3,8-9,13H2,1-2H3,(H,23,27). The second kappa shape index (κ2) is 8.64. The van der Waals surface area contributed by atoms with Crippen molar-refractivity contribution in [3.8, 4) is 0 Å². The molecule has 2 heterocycles. The van der Waals surface area contributed by atoms with Gasteiger partial charge in [-0.25, -0.2) is 9.97 Å². The number of hydrogen-bond acceptors (Lipinski definition) is 5. The zero-order chi connectivity index (χ0) is 19.2. The van der Waals surface area contributed by atoms with Crippen molar-refractivity contribution in [2.45, 2.75) is 20.4 Å². The Morgan fingerprint density at radius 2 is 2.04 bits per heavy atom. The maximum atomic E-state index is 13.2. The predicted octanol–water partition coefficient (Wildman–Crippen LogP) is 2.72. The number of hydrogen-bond donors (Lipinski definition) is 1. The van der Waals surface area contributed by atoms with Gasteiger partial charge in [-0.05, 0) is 48.9 Å². The number of amides is 1. The van der Waals surface area contributed by atoms with Gasteiger partial charge in [-0.1, -0.05) is 13.0 Å². The largest absolute Gasteiger partial charge is 0.349 e. The van der Waals surface area contributed by atoms with Crippen molar-refractivity contribution in [2.24, 2.45) is 0 Å². The van der Waals surface area contributed by atoms with E-state index >= 15 is 0 Å². The van der Waals surface area contributed by atoms with Crippen molar-refractivity contribution in [2.75, 3.05) is 19.6 Å². The maximum Gasteiger partial charge on any atom is 0.271 e. The lowest BCUT2D eigenvalue weighted by molar-refractivity contribution is 0.0943. The molecule has 7 heteroatoms. The highest BCUT2D eigenvalue weighted by atomic mass is 19.1. The first-order valence-electron chi connectivity index (χ1n) is 8.89. The van der Waals surface area contributed by atoms with Crippen molar-refractivity contribution < 1.29 is 9.18 Å². The lowest BCUT2D eigenvalue weighted by Gasteiger charge is -2.20. The molecule has 0 aliphatic heterocycles. The fraction of sp³-hybridized carbons (Fsp3) is 0.300. The molecule has 0 fully saturated rings. The summed E-state index contributed by atoms with van der Waals surface area (Å²) in [5.74, 6) is -0.738. The van der Waals surface area contributed by atoms with Crippen LogP contribution in [-0.2, 0) is 6.54 Å². The van der Waals surface area contributed by atoms with Gasteiger partial charge >= 0.3 is 0 Å². The van der Waals surface area contributed by atoms with Gasteiger partial charge in [0.05, 0.1) is 17.2 Å². The highest BCUT2D eigenvalue weighted by molar-refractivity contribution is 5.93. The number of pyridine rings is 1. The first-order chi connectivity index (χ1) is 13.0. The molecular weight excluding hydrogens is 345 g/mol. The van der Waals surface area contributed by atoms with Crippen LogP contribution in [0, 0.1) is 12.9 Å². The first-order valence-corrected chi connectivity index (χ1v) is 8.89. The van der Waals surface area contributed by atoms with Gasteiger partial charge in [0.1, 0.15) is 5.69 Å². The Bertz CT molecular complexity index is 947. The Balaban J connectivity index is 1.55. The molecule has 140 valence electrons. The summed E-state index contributed by atoms with van der Waals surface area (Å²) in [6, 6.07) is 8.95. The highest BCUT2D eigenvalue weighted by Gasteiger charge is 2.10. The van der Waals surface area contributed by atoms with Crippen LogP contribution in [0.25, 0.3) is 11.0 Å². The number of rotatable bonds is 7. The van der Waals surface area contributed by atoms with Gasteiger partial charge in [0, 0.05) is 25.8 Å². The minimum atomic E-state index is -0.484. The summed E-state index contributed by atoms with van der Waals surface area (Å²) >= 11 is 0. The Hall–Kier alpha value is -2.93. The SMILES string of the molecule is CCN(CCNC(=O)c1cnc2cc(C)ccc2n1)Cc1ccnc(F)c1. The highest BCUT2D eigenvalue weighted by Crippen LogP contribution is 2.11. The van der Waals surface area contributed by atoms with Gasteiger partial charge in [0.25, 0.3) is 5.91 Å². The van der Waals surface area contributed by atoms with Gasteiger partial charge in [0.2, 0.25) is 5.95 Å². The smallest absolute Gasteiger partial charge is 0.271 e. The van der Waals surface area contributed by atoms with E-state index in [-0.39, 0.29) is 5.91 Å². The number of benzene rings is 1. The second-order valence-corrected chi connectivity index (χ2v) is 6.36. The van der Waals surface area contributed by atoms with E-state index in [0.717, 1.165) is 23.2 Å². The molecule has 0 atom stereocenters. The van der Waals surface area contributed by atoms with Crippen LogP contribution in [0.3, 0.4) is 0 Å². The van der Waals surface area contributed by atoms with E-state index in [4.69, 9.17) is 0 Å². The third-order valence-electron chi connectivity index (χ3n) is 4.29. The van der Waals surface area contributed by atoms with Gasteiger partial charge in [-0.3, -0.25) is 14.7 Å². The quantitative estimate of drug-likeness (QED) is 0.650. The molecule has 6 nitrogen and oxygen atoms in total. The number of nitrogens with zero attached hydrogens (tertiary/aromatic N) is 4. The molecule has 27 heavy (non-hydrogen) atoms. The molecule has 0 aliphatic rings. The average molecular weight is 367 g/mol. The Kier molecular flexibility index (Phi) is 6.03. The van der Waals surface area contributed by atoms with Gasteiger partial charge in [-0.2, -0.15) is 4.39 Å². The van der Waals surface area contributed by atoms with Gasteiger partial charge in [0.15, 0.2) is 0 Å². The molecular formula is C20H22FN5O. The normalized spacial score (nSPS) is 11.1. The number of likely N-dealkylation sites (N-methyl/N-ethyl adjacent to an activating group) is 1. The predicted molar refractivity (Wildman–Crippen MR) is 102 cm³/mol. The zero-order valence-corrected chi connectivity index (χ0v) is 15.4. The van der Waals surface area contributed by atoms with Crippen LogP contribution in [0.15, 0.2) is 42.7 Å². The van der Waals surface area contributed by atoms with Crippen LogP contribution in [0.2, 0.25) is 0 Å². The third kappa shape index (κ3) is 5.04. The van der Waals surface area contributed by atoms with Crippen LogP contribution < -0.4 is 5.32 Å². The van der Waals surface area contributed by atoms with Crippen LogP contribution in [0.4, 0.5) is 4.39 Å². The number of halogens is 1. The Labute approximate surface area is 157 Å². The number of aromatic nitrogens is 3. The van der Waals surface area contributed by atoms with E-state index in [1.807, 2.05) is 32.0 Å². The molecule has 0 aliphatic carbocycles. The third-order valence-corrected chi connectivity index (χ3v) is 4.29. The number of nitrogens with one attached hydrogen (secondary N) is 1. The molecule has 0 unspecified atom stereocenters. The van der Waals surface area contributed by atoms with Crippen molar-refractivity contribution >= 4 is 16.9 Å². The number of aryl methyl sites for hydroxylation is 1. The van der Waals surface area contributed by atoms with E-state index in [1.165, 1.54) is 18.5 Å². The number of fused-ring (bicyclic) bond motifs is 1. The van der Waals surface area contributed by atoms with Crippen LogP contribution in [0.1, 0.15) is 28.5 Å². The summed E-state index contributed by atoms with van der Waals surface area (Å²) in [4.78, 5) is 26.7. The molecule has 0 saturated carbocycles. The van der Waals surface area contributed by atoms with Crippen molar-refractivity contribution in [3.63, 3.8) is 0 Å². The van der Waals surface area contributed by atoms with Crippen molar-refractivity contribution in [1.82, 2.24) is 25.2 Å². The van der Waals surface area contributed by atoms with E-state index in [9.17, 15) is 9.18 Å². The first kappa shape index (κ1) is 18.8. The van der Waals surface area contributed by atoms with Crippen molar-refractivity contribution in [1.29, 1.82) is 0 Å². The lowest BCUT2D eigenvalue weighted by atomic mass is 10.2. The molecule has 3 aromatic rings. The fourth-order valence-electron chi connectivity index (χ4n) is 2.80. The second-order valence-electron chi connectivity index (χ2n) is 6.36. The monoisotopic (exact) mass is 367 g/mol. The van der Waals surface area contributed by atoms with E-state index in [1.54, 1.807) is 6.07 Å². The molecule has 2 aromatic heterocycles. The molecule has 1 N–H and O–H groups in total. The van der Waals surface area contributed by atoms with Crippen LogP contribution >= 0.6 is 0 Å². The Morgan fingerprint density at radius 3 is 2.81 bits per heavy atom. The molecule has 1 amide bonds. The minimum Gasteiger partial charge on any atom is -0.349 e. The summed E-state index contributed by atoms with van der Waals surface area (Å²) < 4.78 is 13.2. The minimum absolute atomic E-state index is 0.254. The van der Waals surface area contributed by atoms with Crippen molar-refractivity contribution in [3.05, 3.63) is 65.5 Å². The summed E-state index contributed by atoms with van der Waals surface area (Å²) in [7, 11) is 0. The average Bonchev–Trinajstić information content (AvgIpc) is 2.66. The summed E-state index contributed by atoms with van der Waals surface area (Å²) in [6.45, 7) is 6.51. The molecule has 3 rings (SSSR count). The summed E-state index contributed by atoms with van der Waals surface area (Å²) in [6.07, 6.45) is 2.95. The van der Waals surface area contributed by atoms with E-state index in [2.05, 4.69) is 25.2 Å². The molecule has 0 saturated heterocycles. The molecule has 1 aromatic carbocycles. The number of carbonyl (C=O) groups excluding carboxylic acids is 1. The topological polar surface area (TPSA) is 71.0 Å². The Morgan fingerprint density at radius 1 is 1.19 bits per heavy atom. The summed E-state index contributed by atoms with van der Waals surface area (Å²) in [5.41, 5.74) is 3.72. The van der Waals surface area contributed by atoms with Gasteiger partial charge in [-0.15, -0.1) is 0 Å². The fourth-order valence-corrected chi connectivity index (χ4v) is 2.80. The lowest BCUT2D eigenvalue weighted by Crippen LogP contribution is -2.35. The molecule has 0 radical (unpaired) electrons.